The number of hydrazine groups is 1. The van der Waals surface area contributed by atoms with Gasteiger partial charge in [0.05, 0.1) is 7.11 Å². The van der Waals surface area contributed by atoms with Crippen LogP contribution in [0.25, 0.3) is 0 Å². The molecule has 0 saturated carbocycles. The molecule has 1 saturated heterocycles. The molecule has 0 aliphatic carbocycles. The Balaban J connectivity index is 2.28. The van der Waals surface area contributed by atoms with E-state index in [1.807, 2.05) is 0 Å². The summed E-state index contributed by atoms with van der Waals surface area (Å²) in [5.41, 5.74) is 2.46. The number of carbonyl (C=O) groups is 2. The van der Waals surface area contributed by atoms with Crippen molar-refractivity contribution in [2.75, 3.05) is 12.3 Å². The summed E-state index contributed by atoms with van der Waals surface area (Å²) in [5, 5.41) is 1.31. The summed E-state index contributed by atoms with van der Waals surface area (Å²) in [7, 11) is 1.42. The highest BCUT2D eigenvalue weighted by Gasteiger charge is 2.30. The molecule has 1 heterocycles. The van der Waals surface area contributed by atoms with Crippen LogP contribution in [-0.2, 0) is 19.3 Å². The third-order valence-electron chi connectivity index (χ3n) is 1.92. The van der Waals surface area contributed by atoms with Gasteiger partial charge in [0.15, 0.2) is 0 Å². The summed E-state index contributed by atoms with van der Waals surface area (Å²) in [6.07, 6.45) is 0. The van der Waals surface area contributed by atoms with E-state index in [1.165, 1.54) is 19.2 Å². The maximum Gasteiger partial charge on any atom is 0.444 e. The van der Waals surface area contributed by atoms with Gasteiger partial charge in [-0.05, 0) is 17.7 Å². The van der Waals surface area contributed by atoms with Crippen molar-refractivity contribution < 1.29 is 24.0 Å². The fraction of sp³-hybridized carbons (Fsp3) is 0.111. The summed E-state index contributed by atoms with van der Waals surface area (Å²) in [5.74, 6) is -1.93. The molecule has 7 nitrogen and oxygen atoms in total. The first-order valence-corrected chi connectivity index (χ1v) is 4.82. The van der Waals surface area contributed by atoms with Gasteiger partial charge in [-0.1, -0.05) is 16.8 Å². The first kappa shape index (κ1) is 11.5. The molecule has 0 spiro atoms. The molecule has 8 heteroatoms. The standard InChI is InChI=1S/C9H7ClN2O5/c1-15-7-4-5(10)2-3-6(7)12-11-16-8(13)9(14)17-12/h2-4,11H,1H3. The van der Waals surface area contributed by atoms with Crippen molar-refractivity contribution in [2.24, 2.45) is 0 Å². The number of ether oxygens (including phenoxy) is 1. The maximum absolute atomic E-state index is 11.0. The van der Waals surface area contributed by atoms with Gasteiger partial charge in [0, 0.05) is 11.1 Å². The Morgan fingerprint density at radius 1 is 1.35 bits per heavy atom. The van der Waals surface area contributed by atoms with Crippen LogP contribution in [0.15, 0.2) is 18.2 Å². The fourth-order valence-electron chi connectivity index (χ4n) is 1.18. The Hall–Kier alpha value is -1.99. The second kappa shape index (κ2) is 4.48. The van der Waals surface area contributed by atoms with Crippen molar-refractivity contribution in [3.8, 4) is 5.75 Å². The first-order chi connectivity index (χ1) is 8.11. The smallest absolute Gasteiger partial charge is 0.444 e. The van der Waals surface area contributed by atoms with Gasteiger partial charge < -0.3 is 14.4 Å². The topological polar surface area (TPSA) is 77.1 Å². The second-order valence-electron chi connectivity index (χ2n) is 2.97. The van der Waals surface area contributed by atoms with E-state index in [2.05, 4.69) is 15.3 Å². The first-order valence-electron chi connectivity index (χ1n) is 4.44. The average Bonchev–Trinajstić information content (AvgIpc) is 2.32. The van der Waals surface area contributed by atoms with Gasteiger partial charge in [-0.2, -0.15) is 0 Å². The highest BCUT2D eigenvalue weighted by molar-refractivity contribution is 6.31. The number of anilines is 1. The molecular weight excluding hydrogens is 252 g/mol. The van der Waals surface area contributed by atoms with Gasteiger partial charge in [-0.3, -0.25) is 0 Å². The second-order valence-corrected chi connectivity index (χ2v) is 3.41. The third-order valence-corrected chi connectivity index (χ3v) is 2.16. The van der Waals surface area contributed by atoms with Gasteiger partial charge >= 0.3 is 11.9 Å². The van der Waals surface area contributed by atoms with E-state index < -0.39 is 11.9 Å². The molecule has 0 atom stereocenters. The lowest BCUT2D eigenvalue weighted by Crippen LogP contribution is -2.49. The molecule has 1 aromatic rings. The number of hydrogen-bond acceptors (Lipinski definition) is 7. The zero-order valence-corrected chi connectivity index (χ0v) is 9.35. The minimum Gasteiger partial charge on any atom is -0.494 e. The van der Waals surface area contributed by atoms with Crippen LogP contribution >= 0.6 is 11.6 Å². The average molecular weight is 259 g/mol. The number of halogens is 1. The molecule has 0 unspecified atom stereocenters. The number of nitrogens with zero attached hydrogens (tertiary/aromatic N) is 1. The molecule has 17 heavy (non-hydrogen) atoms. The summed E-state index contributed by atoms with van der Waals surface area (Å²) in [6, 6.07) is 4.61. The highest BCUT2D eigenvalue weighted by Crippen LogP contribution is 2.31. The number of carbonyl (C=O) groups excluding carboxylic acids is 2. The zero-order valence-electron chi connectivity index (χ0n) is 8.60. The minimum absolute atomic E-state index is 0.331. The van der Waals surface area contributed by atoms with Crippen LogP contribution in [0, 0.1) is 0 Å². The van der Waals surface area contributed by atoms with Gasteiger partial charge in [0.25, 0.3) is 0 Å². The molecule has 2 rings (SSSR count). The molecule has 0 amide bonds. The van der Waals surface area contributed by atoms with Crippen molar-refractivity contribution in [3.05, 3.63) is 23.2 Å². The van der Waals surface area contributed by atoms with Crippen LogP contribution in [0.5, 0.6) is 5.75 Å². The van der Waals surface area contributed by atoms with Crippen LogP contribution < -0.4 is 15.5 Å². The van der Waals surface area contributed by atoms with E-state index in [4.69, 9.17) is 16.3 Å². The summed E-state index contributed by atoms with van der Waals surface area (Å²) in [6.45, 7) is 0. The predicted molar refractivity (Wildman–Crippen MR) is 55.8 cm³/mol. The molecule has 1 fully saturated rings. The normalized spacial score (nSPS) is 15.3. The Morgan fingerprint density at radius 3 is 2.76 bits per heavy atom. The van der Waals surface area contributed by atoms with E-state index in [0.717, 1.165) is 5.17 Å². The number of methoxy groups -OCH3 is 1. The minimum atomic E-state index is -1.14. The largest absolute Gasteiger partial charge is 0.494 e. The van der Waals surface area contributed by atoms with Crippen LogP contribution in [-0.4, -0.2) is 19.0 Å². The lowest BCUT2D eigenvalue weighted by molar-refractivity contribution is -0.192. The quantitative estimate of drug-likeness (QED) is 0.778. The molecule has 1 N–H and O–H groups in total. The fourth-order valence-corrected chi connectivity index (χ4v) is 1.34. The highest BCUT2D eigenvalue weighted by atomic mass is 35.5. The van der Waals surface area contributed by atoms with Crippen LogP contribution in [0.3, 0.4) is 0 Å². The monoisotopic (exact) mass is 258 g/mol. The number of nitrogens with one attached hydrogen (secondary N) is 1. The van der Waals surface area contributed by atoms with Crippen LogP contribution in [0.2, 0.25) is 5.02 Å². The maximum atomic E-state index is 11.0. The number of benzene rings is 1. The van der Waals surface area contributed by atoms with E-state index >= 15 is 0 Å². The molecule has 1 aliphatic rings. The number of hydrogen-bond donors (Lipinski definition) is 1. The van der Waals surface area contributed by atoms with Gasteiger partial charge in [0.1, 0.15) is 11.4 Å². The van der Waals surface area contributed by atoms with E-state index in [-0.39, 0.29) is 0 Å². The van der Waals surface area contributed by atoms with Crippen molar-refractivity contribution in [1.29, 1.82) is 0 Å². The molecule has 0 bridgehead atoms. The molecule has 0 aromatic heterocycles. The van der Waals surface area contributed by atoms with Crippen molar-refractivity contribution in [3.63, 3.8) is 0 Å². The molecule has 90 valence electrons. The number of rotatable bonds is 2. The molecular formula is C9H7ClN2O5. The van der Waals surface area contributed by atoms with Crippen molar-refractivity contribution in [2.45, 2.75) is 0 Å². The molecule has 1 aromatic carbocycles. The van der Waals surface area contributed by atoms with Crippen molar-refractivity contribution >= 4 is 29.2 Å². The Morgan fingerprint density at radius 2 is 2.12 bits per heavy atom. The van der Waals surface area contributed by atoms with Crippen LogP contribution in [0.4, 0.5) is 5.69 Å². The van der Waals surface area contributed by atoms with E-state index in [9.17, 15) is 9.59 Å². The van der Waals surface area contributed by atoms with E-state index in [1.54, 1.807) is 6.07 Å². The lowest BCUT2D eigenvalue weighted by Gasteiger charge is -2.26. The Bertz CT molecular complexity index is 478. The van der Waals surface area contributed by atoms with Crippen LogP contribution in [0.1, 0.15) is 0 Å². The van der Waals surface area contributed by atoms with Gasteiger partial charge in [-0.25, -0.2) is 9.59 Å². The Labute approximate surface area is 101 Å². The summed E-state index contributed by atoms with van der Waals surface area (Å²) < 4.78 is 5.04. The summed E-state index contributed by atoms with van der Waals surface area (Å²) >= 11 is 5.77. The van der Waals surface area contributed by atoms with Gasteiger partial charge in [-0.15, -0.1) is 0 Å². The predicted octanol–water partition coefficient (Wildman–Crippen LogP) is 0.590. The van der Waals surface area contributed by atoms with Gasteiger partial charge in [0.2, 0.25) is 0 Å². The summed E-state index contributed by atoms with van der Waals surface area (Å²) in [4.78, 5) is 30.8. The van der Waals surface area contributed by atoms with Crippen molar-refractivity contribution in [1.82, 2.24) is 5.59 Å². The Kier molecular flexibility index (Phi) is 3.03. The zero-order chi connectivity index (χ0) is 12.4. The van der Waals surface area contributed by atoms with E-state index in [0.29, 0.717) is 16.5 Å². The lowest BCUT2D eigenvalue weighted by atomic mass is 10.3. The third kappa shape index (κ3) is 2.24. The SMILES string of the molecule is COc1cc(Cl)ccc1N1NOC(=O)C(=O)O1. The molecule has 0 radical (unpaired) electrons. The molecule has 1 aliphatic heterocycles.